The number of rotatable bonds is 3. The predicted octanol–water partition coefficient (Wildman–Crippen LogP) is 2.64. The number of ketones is 3. The van der Waals surface area contributed by atoms with Crippen LogP contribution in [0.5, 0.6) is 0 Å². The summed E-state index contributed by atoms with van der Waals surface area (Å²) in [6, 6.07) is 0. The number of aliphatic hydroxyl groups is 1. The van der Waals surface area contributed by atoms with E-state index in [0.29, 0.717) is 31.5 Å². The fourth-order valence-corrected chi connectivity index (χ4v) is 7.61. The Labute approximate surface area is 171 Å². The molecule has 160 valence electrons. The molecule has 7 atom stereocenters. The highest BCUT2D eigenvalue weighted by molar-refractivity contribution is 5.93. The van der Waals surface area contributed by atoms with Crippen molar-refractivity contribution in [2.24, 2.45) is 34.5 Å². The van der Waals surface area contributed by atoms with Crippen molar-refractivity contribution in [1.82, 2.24) is 0 Å². The van der Waals surface area contributed by atoms with E-state index in [2.05, 4.69) is 6.92 Å². The molecule has 0 saturated heterocycles. The number of esters is 1. The zero-order valence-electron chi connectivity index (χ0n) is 17.7. The van der Waals surface area contributed by atoms with Crippen molar-refractivity contribution < 1.29 is 29.0 Å². The SMILES string of the molecule is CC(=O)OCC(=O)[C@]1(O)CC[C@@H]2[C@@H]3CC[C@@H]4CC(=O)CC[C@]4(C)[C@@H]3C(=O)C[C@@]21C. The molecule has 4 aliphatic rings. The Morgan fingerprint density at radius 3 is 2.55 bits per heavy atom. The molecule has 0 aromatic rings. The third kappa shape index (κ3) is 2.85. The second-order valence-electron chi connectivity index (χ2n) is 10.4. The van der Waals surface area contributed by atoms with Crippen molar-refractivity contribution in [3.05, 3.63) is 0 Å². The second kappa shape index (κ2) is 6.73. The molecule has 0 aromatic carbocycles. The molecule has 4 rings (SSSR count). The van der Waals surface area contributed by atoms with Gasteiger partial charge in [0.15, 0.2) is 6.61 Å². The quantitative estimate of drug-likeness (QED) is 0.726. The normalized spacial score (nSPS) is 46.5. The Bertz CT molecular complexity index is 773. The van der Waals surface area contributed by atoms with E-state index in [1.807, 2.05) is 6.92 Å². The summed E-state index contributed by atoms with van der Waals surface area (Å²) in [7, 11) is 0. The summed E-state index contributed by atoms with van der Waals surface area (Å²) in [6.07, 6.45) is 4.90. The van der Waals surface area contributed by atoms with Crippen LogP contribution in [0.1, 0.15) is 72.1 Å². The molecular formula is C23H32O6. The van der Waals surface area contributed by atoms with Crippen LogP contribution in [-0.4, -0.2) is 40.6 Å². The third-order valence-corrected chi connectivity index (χ3v) is 9.19. The van der Waals surface area contributed by atoms with E-state index in [9.17, 15) is 24.3 Å². The van der Waals surface area contributed by atoms with Crippen molar-refractivity contribution in [3.63, 3.8) is 0 Å². The standard InChI is InChI=1S/C23H32O6/c1-13(24)29-12-19(27)23(28)9-7-17-16-5-4-14-10-15(25)6-8-21(14,2)20(16)18(26)11-22(17,23)3/h14,16-17,20,28H,4-12H2,1-3H3/t14-,16+,17-,20+,21+,22+,23-/m1/s1. The minimum absolute atomic E-state index is 0.0849. The summed E-state index contributed by atoms with van der Waals surface area (Å²) in [6.45, 7) is 4.86. The van der Waals surface area contributed by atoms with Crippen molar-refractivity contribution in [2.75, 3.05) is 6.61 Å². The smallest absolute Gasteiger partial charge is 0.303 e. The maximum Gasteiger partial charge on any atom is 0.303 e. The number of Topliss-reactive ketones (excluding diaryl/α,β-unsaturated/α-hetero) is 3. The highest BCUT2D eigenvalue weighted by Crippen LogP contribution is 2.67. The number of carbonyl (C=O) groups is 4. The van der Waals surface area contributed by atoms with Gasteiger partial charge in [0.2, 0.25) is 5.78 Å². The molecule has 0 amide bonds. The molecule has 6 nitrogen and oxygen atoms in total. The molecule has 0 aromatic heterocycles. The first-order valence-corrected chi connectivity index (χ1v) is 11.0. The average Bonchev–Trinajstić information content (AvgIpc) is 2.91. The minimum atomic E-state index is -1.63. The van der Waals surface area contributed by atoms with Crippen LogP contribution in [0.4, 0.5) is 0 Å². The van der Waals surface area contributed by atoms with Gasteiger partial charge >= 0.3 is 5.97 Å². The Hall–Kier alpha value is -1.56. The van der Waals surface area contributed by atoms with Gasteiger partial charge in [0, 0.05) is 37.5 Å². The van der Waals surface area contributed by atoms with Crippen LogP contribution >= 0.6 is 0 Å². The molecule has 4 fully saturated rings. The highest BCUT2D eigenvalue weighted by atomic mass is 16.5. The molecule has 29 heavy (non-hydrogen) atoms. The monoisotopic (exact) mass is 404 g/mol. The van der Waals surface area contributed by atoms with Gasteiger partial charge in [-0.05, 0) is 55.3 Å². The molecule has 1 N–H and O–H groups in total. The van der Waals surface area contributed by atoms with Crippen LogP contribution in [0.25, 0.3) is 0 Å². The third-order valence-electron chi connectivity index (χ3n) is 9.19. The average molecular weight is 405 g/mol. The number of carbonyl (C=O) groups excluding carboxylic acids is 4. The lowest BCUT2D eigenvalue weighted by atomic mass is 9.44. The Balaban J connectivity index is 1.64. The van der Waals surface area contributed by atoms with Crippen LogP contribution in [0.15, 0.2) is 0 Å². The maximum atomic E-state index is 13.5. The Morgan fingerprint density at radius 2 is 1.86 bits per heavy atom. The summed E-state index contributed by atoms with van der Waals surface area (Å²) in [5.74, 6) is -0.187. The zero-order valence-corrected chi connectivity index (χ0v) is 17.7. The fourth-order valence-electron chi connectivity index (χ4n) is 7.61. The first-order chi connectivity index (χ1) is 13.5. The van der Waals surface area contributed by atoms with Crippen molar-refractivity contribution >= 4 is 23.3 Å². The molecule has 0 radical (unpaired) electrons. The first-order valence-electron chi connectivity index (χ1n) is 11.0. The van der Waals surface area contributed by atoms with Gasteiger partial charge in [-0.1, -0.05) is 13.8 Å². The first kappa shape index (κ1) is 20.7. The van der Waals surface area contributed by atoms with E-state index in [4.69, 9.17) is 4.74 Å². The summed E-state index contributed by atoms with van der Waals surface area (Å²) >= 11 is 0. The van der Waals surface area contributed by atoms with Crippen LogP contribution in [-0.2, 0) is 23.9 Å². The number of hydrogen-bond acceptors (Lipinski definition) is 6. The zero-order chi connectivity index (χ0) is 21.2. The largest absolute Gasteiger partial charge is 0.458 e. The van der Waals surface area contributed by atoms with Crippen LogP contribution in [0.2, 0.25) is 0 Å². The summed E-state index contributed by atoms with van der Waals surface area (Å²) < 4.78 is 4.87. The van der Waals surface area contributed by atoms with Gasteiger partial charge in [-0.3, -0.25) is 19.2 Å². The molecule has 0 heterocycles. The van der Waals surface area contributed by atoms with Gasteiger partial charge < -0.3 is 9.84 Å². The molecule has 0 spiro atoms. The van der Waals surface area contributed by atoms with Gasteiger partial charge in [0.25, 0.3) is 0 Å². The topological polar surface area (TPSA) is 97.7 Å². The van der Waals surface area contributed by atoms with E-state index in [1.165, 1.54) is 6.92 Å². The molecule has 6 heteroatoms. The molecule has 0 unspecified atom stereocenters. The lowest BCUT2D eigenvalue weighted by Gasteiger charge is -2.59. The van der Waals surface area contributed by atoms with Crippen molar-refractivity contribution in [3.8, 4) is 0 Å². The van der Waals surface area contributed by atoms with Crippen molar-refractivity contribution in [1.29, 1.82) is 0 Å². The van der Waals surface area contributed by atoms with Crippen LogP contribution in [0.3, 0.4) is 0 Å². The van der Waals surface area contributed by atoms with E-state index < -0.39 is 29.4 Å². The minimum Gasteiger partial charge on any atom is -0.458 e. The number of ether oxygens (including phenoxy) is 1. The second-order valence-corrected chi connectivity index (χ2v) is 10.4. The summed E-state index contributed by atoms with van der Waals surface area (Å²) in [5, 5.41) is 11.4. The van der Waals surface area contributed by atoms with Crippen molar-refractivity contribution in [2.45, 2.75) is 77.7 Å². The number of hydrogen-bond donors (Lipinski definition) is 1. The van der Waals surface area contributed by atoms with E-state index in [1.54, 1.807) is 0 Å². The lowest BCUT2D eigenvalue weighted by Crippen LogP contribution is -2.62. The van der Waals surface area contributed by atoms with Gasteiger partial charge in [-0.15, -0.1) is 0 Å². The van der Waals surface area contributed by atoms with Gasteiger partial charge in [-0.2, -0.15) is 0 Å². The predicted molar refractivity (Wildman–Crippen MR) is 104 cm³/mol. The summed E-state index contributed by atoms with van der Waals surface area (Å²) in [4.78, 5) is 49.5. The van der Waals surface area contributed by atoms with E-state index in [-0.39, 0.29) is 41.3 Å². The molecule has 4 aliphatic carbocycles. The molecule has 0 aliphatic heterocycles. The Kier molecular flexibility index (Phi) is 4.80. The Morgan fingerprint density at radius 1 is 1.14 bits per heavy atom. The van der Waals surface area contributed by atoms with Crippen LogP contribution < -0.4 is 0 Å². The van der Waals surface area contributed by atoms with Crippen LogP contribution in [0, 0.1) is 34.5 Å². The molecular weight excluding hydrogens is 372 g/mol. The van der Waals surface area contributed by atoms with E-state index in [0.717, 1.165) is 19.3 Å². The molecule has 4 saturated carbocycles. The fraction of sp³-hybridized carbons (Fsp3) is 0.826. The molecule has 0 bridgehead atoms. The van der Waals surface area contributed by atoms with Gasteiger partial charge in [-0.25, -0.2) is 0 Å². The highest BCUT2D eigenvalue weighted by Gasteiger charge is 2.69. The van der Waals surface area contributed by atoms with Gasteiger partial charge in [0.05, 0.1) is 0 Å². The van der Waals surface area contributed by atoms with Gasteiger partial charge in [0.1, 0.15) is 17.2 Å². The maximum absolute atomic E-state index is 13.5. The summed E-state index contributed by atoms with van der Waals surface area (Å²) in [5.41, 5.74) is -2.61. The number of fused-ring (bicyclic) bond motifs is 5. The van der Waals surface area contributed by atoms with E-state index >= 15 is 0 Å². The lowest BCUT2D eigenvalue weighted by molar-refractivity contribution is -0.180.